The molecule has 27 heavy (non-hydrogen) atoms. The van der Waals surface area contributed by atoms with E-state index in [0.717, 1.165) is 11.3 Å². The van der Waals surface area contributed by atoms with Gasteiger partial charge in [0.1, 0.15) is 17.3 Å². The summed E-state index contributed by atoms with van der Waals surface area (Å²) in [5.41, 5.74) is 0.956. The maximum Gasteiger partial charge on any atom is 0.387 e. The number of nitrogens with one attached hydrogen (secondary N) is 2. The molecule has 0 bridgehead atoms. The van der Waals surface area contributed by atoms with Gasteiger partial charge in [0.05, 0.1) is 7.11 Å². The first-order valence-electron chi connectivity index (χ1n) is 7.83. The van der Waals surface area contributed by atoms with Gasteiger partial charge in [-0.25, -0.2) is 4.39 Å². The highest BCUT2D eigenvalue weighted by atomic mass is 127. The highest BCUT2D eigenvalue weighted by Crippen LogP contribution is 2.23. The van der Waals surface area contributed by atoms with Crippen molar-refractivity contribution < 1.29 is 22.6 Å². The number of hydrogen-bond acceptors (Lipinski definition) is 3. The summed E-state index contributed by atoms with van der Waals surface area (Å²) in [6.07, 6.45) is 0. The Labute approximate surface area is 173 Å². The van der Waals surface area contributed by atoms with Crippen LogP contribution >= 0.6 is 24.0 Å². The molecule has 0 saturated carbocycles. The minimum Gasteiger partial charge on any atom is -0.497 e. The van der Waals surface area contributed by atoms with Crippen LogP contribution in [0, 0.1) is 5.82 Å². The monoisotopic (exact) mass is 495 g/mol. The van der Waals surface area contributed by atoms with Gasteiger partial charge in [0.25, 0.3) is 0 Å². The van der Waals surface area contributed by atoms with Crippen LogP contribution in [-0.4, -0.2) is 26.7 Å². The molecule has 2 aromatic rings. The van der Waals surface area contributed by atoms with Crippen molar-refractivity contribution in [1.82, 2.24) is 10.6 Å². The molecule has 2 aromatic carbocycles. The number of aliphatic imine (C=N–C) groups is 1. The molecule has 0 unspecified atom stereocenters. The van der Waals surface area contributed by atoms with Crippen LogP contribution in [0.15, 0.2) is 47.5 Å². The Hall–Kier alpha value is -2.17. The lowest BCUT2D eigenvalue weighted by molar-refractivity contribution is -0.0506. The molecule has 0 aromatic heterocycles. The first kappa shape index (κ1) is 22.9. The normalized spacial score (nSPS) is 11.0. The molecule has 2 N–H and O–H groups in total. The summed E-state index contributed by atoms with van der Waals surface area (Å²) >= 11 is 0. The second-order valence-electron chi connectivity index (χ2n) is 5.23. The maximum absolute atomic E-state index is 14.0. The van der Waals surface area contributed by atoms with E-state index in [1.807, 2.05) is 24.3 Å². The third-order valence-electron chi connectivity index (χ3n) is 3.54. The quantitative estimate of drug-likeness (QED) is 0.348. The van der Waals surface area contributed by atoms with Gasteiger partial charge in [0, 0.05) is 25.7 Å². The molecule has 0 aliphatic rings. The predicted molar refractivity (Wildman–Crippen MR) is 108 cm³/mol. The fraction of sp³-hybridized carbons (Fsp3) is 0.278. The zero-order valence-electron chi connectivity index (χ0n) is 14.8. The van der Waals surface area contributed by atoms with Gasteiger partial charge >= 0.3 is 6.61 Å². The molecule has 2 rings (SSSR count). The maximum atomic E-state index is 14.0. The molecule has 9 heteroatoms. The second-order valence-corrected chi connectivity index (χ2v) is 5.23. The largest absolute Gasteiger partial charge is 0.497 e. The Kier molecular flexibility index (Phi) is 9.76. The molecule has 0 aliphatic heterocycles. The van der Waals surface area contributed by atoms with Gasteiger partial charge in [-0.05, 0) is 29.8 Å². The van der Waals surface area contributed by atoms with Crippen molar-refractivity contribution in [3.05, 3.63) is 59.4 Å². The van der Waals surface area contributed by atoms with Gasteiger partial charge in [-0.1, -0.05) is 18.2 Å². The fourth-order valence-corrected chi connectivity index (χ4v) is 2.28. The summed E-state index contributed by atoms with van der Waals surface area (Å²) in [6.45, 7) is -2.64. The van der Waals surface area contributed by atoms with Crippen molar-refractivity contribution >= 4 is 29.9 Å². The Morgan fingerprint density at radius 3 is 2.48 bits per heavy atom. The second kappa shape index (κ2) is 11.5. The summed E-state index contributed by atoms with van der Waals surface area (Å²) in [7, 11) is 3.14. The molecular formula is C18H21F3IN3O2. The number of methoxy groups -OCH3 is 1. The highest BCUT2D eigenvalue weighted by molar-refractivity contribution is 14.0. The molecule has 0 radical (unpaired) electrons. The third kappa shape index (κ3) is 7.16. The number of ether oxygens (including phenoxy) is 2. The van der Waals surface area contributed by atoms with Crippen molar-refractivity contribution in [2.75, 3.05) is 14.2 Å². The summed E-state index contributed by atoms with van der Waals surface area (Å²) in [5, 5.41) is 5.94. The predicted octanol–water partition coefficient (Wildman–Crippen LogP) is 3.92. The van der Waals surface area contributed by atoms with Gasteiger partial charge < -0.3 is 20.1 Å². The van der Waals surface area contributed by atoms with Gasteiger partial charge in [-0.3, -0.25) is 4.99 Å². The topological polar surface area (TPSA) is 54.9 Å². The van der Waals surface area contributed by atoms with Crippen molar-refractivity contribution in [3.8, 4) is 11.5 Å². The molecule has 0 saturated heterocycles. The molecule has 0 fully saturated rings. The minimum atomic E-state index is -3.03. The summed E-state index contributed by atoms with van der Waals surface area (Å²) in [4.78, 5) is 4.03. The first-order valence-corrected chi connectivity index (χ1v) is 7.83. The van der Waals surface area contributed by atoms with E-state index in [-0.39, 0.29) is 41.8 Å². The molecule has 148 valence electrons. The van der Waals surface area contributed by atoms with E-state index >= 15 is 0 Å². The molecule has 5 nitrogen and oxygen atoms in total. The SMILES string of the molecule is CN=C(NCc1cccc(OC)c1)NCc1c(F)cccc1OC(F)F.I. The molecule has 0 amide bonds. The van der Waals surface area contributed by atoms with E-state index in [2.05, 4.69) is 20.4 Å². The minimum absolute atomic E-state index is 0. The van der Waals surface area contributed by atoms with Crippen LogP contribution in [0.3, 0.4) is 0 Å². The summed E-state index contributed by atoms with van der Waals surface area (Å²) < 4.78 is 48.4. The van der Waals surface area contributed by atoms with Gasteiger partial charge in [-0.2, -0.15) is 8.78 Å². The lowest BCUT2D eigenvalue weighted by atomic mass is 10.2. The van der Waals surface area contributed by atoms with Crippen molar-refractivity contribution in [2.24, 2.45) is 4.99 Å². The zero-order chi connectivity index (χ0) is 18.9. The summed E-state index contributed by atoms with van der Waals surface area (Å²) in [5.74, 6) is 0.265. The van der Waals surface area contributed by atoms with Crippen LogP contribution < -0.4 is 20.1 Å². The number of hydrogen-bond donors (Lipinski definition) is 2. The number of nitrogens with zero attached hydrogens (tertiary/aromatic N) is 1. The first-order chi connectivity index (χ1) is 12.5. The van der Waals surface area contributed by atoms with E-state index in [9.17, 15) is 13.2 Å². The lowest BCUT2D eigenvalue weighted by Crippen LogP contribution is -2.36. The standard InChI is InChI=1S/C18H20F3N3O2.HI/c1-22-18(23-10-12-5-3-6-13(9-12)25-2)24-11-14-15(19)7-4-8-16(14)26-17(20)21;/h3-9,17H,10-11H2,1-2H3,(H2,22,23,24);1H. The average molecular weight is 495 g/mol. The van der Waals surface area contributed by atoms with E-state index in [1.54, 1.807) is 14.2 Å². The Bertz CT molecular complexity index is 760. The van der Waals surface area contributed by atoms with Crippen molar-refractivity contribution in [3.63, 3.8) is 0 Å². The molecule has 0 spiro atoms. The lowest BCUT2D eigenvalue weighted by Gasteiger charge is -2.15. The van der Waals surface area contributed by atoms with Gasteiger partial charge in [0.2, 0.25) is 0 Å². The third-order valence-corrected chi connectivity index (χ3v) is 3.54. The van der Waals surface area contributed by atoms with Gasteiger partial charge in [-0.15, -0.1) is 24.0 Å². The highest BCUT2D eigenvalue weighted by Gasteiger charge is 2.14. The smallest absolute Gasteiger partial charge is 0.387 e. The van der Waals surface area contributed by atoms with Crippen LogP contribution in [0.2, 0.25) is 0 Å². The molecular weight excluding hydrogens is 474 g/mol. The summed E-state index contributed by atoms with van der Waals surface area (Å²) in [6, 6.07) is 11.3. The Balaban J connectivity index is 0.00000364. The number of benzene rings is 2. The molecule has 0 atom stereocenters. The van der Waals surface area contributed by atoms with Crippen LogP contribution in [0.5, 0.6) is 11.5 Å². The van der Waals surface area contributed by atoms with Crippen LogP contribution in [0.25, 0.3) is 0 Å². The Morgan fingerprint density at radius 2 is 1.81 bits per heavy atom. The molecule has 0 heterocycles. The Morgan fingerprint density at radius 1 is 1.11 bits per heavy atom. The zero-order valence-corrected chi connectivity index (χ0v) is 17.2. The fourth-order valence-electron chi connectivity index (χ4n) is 2.28. The van der Waals surface area contributed by atoms with Crippen LogP contribution in [-0.2, 0) is 13.1 Å². The van der Waals surface area contributed by atoms with E-state index < -0.39 is 12.4 Å². The van der Waals surface area contributed by atoms with Crippen LogP contribution in [0.4, 0.5) is 13.2 Å². The number of rotatable bonds is 7. The van der Waals surface area contributed by atoms with E-state index in [0.29, 0.717) is 12.5 Å². The van der Waals surface area contributed by atoms with Crippen LogP contribution in [0.1, 0.15) is 11.1 Å². The average Bonchev–Trinajstić information content (AvgIpc) is 2.63. The molecule has 0 aliphatic carbocycles. The van der Waals surface area contributed by atoms with Crippen molar-refractivity contribution in [1.29, 1.82) is 0 Å². The number of alkyl halides is 2. The number of halogens is 4. The van der Waals surface area contributed by atoms with E-state index in [1.165, 1.54) is 18.2 Å². The van der Waals surface area contributed by atoms with Gasteiger partial charge in [0.15, 0.2) is 5.96 Å². The number of guanidine groups is 1. The van der Waals surface area contributed by atoms with E-state index in [4.69, 9.17) is 4.74 Å². The van der Waals surface area contributed by atoms with Crippen molar-refractivity contribution in [2.45, 2.75) is 19.7 Å².